The van der Waals surface area contributed by atoms with Gasteiger partial charge in [-0.05, 0) is 76.2 Å². The van der Waals surface area contributed by atoms with Crippen LogP contribution < -0.4 is 5.56 Å². The molecular weight excluding hydrogens is 374 g/mol. The van der Waals surface area contributed by atoms with E-state index in [4.69, 9.17) is 0 Å². The zero-order valence-electron chi connectivity index (χ0n) is 18.1. The van der Waals surface area contributed by atoms with Crippen LogP contribution in [0.3, 0.4) is 0 Å². The summed E-state index contributed by atoms with van der Waals surface area (Å²) in [5, 5.41) is 10.8. The van der Waals surface area contributed by atoms with Crippen molar-refractivity contribution < 1.29 is 5.11 Å². The number of aryl methyl sites for hydroxylation is 3. The molecule has 0 saturated carbocycles. The molecule has 3 heterocycles. The van der Waals surface area contributed by atoms with Gasteiger partial charge in [0, 0.05) is 24.0 Å². The minimum absolute atomic E-state index is 0.0471. The second-order valence-electron chi connectivity index (χ2n) is 8.70. The van der Waals surface area contributed by atoms with Gasteiger partial charge in [0.2, 0.25) is 0 Å². The number of hydrogen-bond donors (Lipinski definition) is 1. The Bertz CT molecular complexity index is 1080. The van der Waals surface area contributed by atoms with E-state index < -0.39 is 6.10 Å². The quantitative estimate of drug-likeness (QED) is 0.705. The molecule has 3 aromatic rings. The van der Waals surface area contributed by atoms with E-state index in [2.05, 4.69) is 28.9 Å². The summed E-state index contributed by atoms with van der Waals surface area (Å²) >= 11 is 0. The maximum atomic E-state index is 13.0. The molecule has 1 N–H and O–H groups in total. The third-order valence-corrected chi connectivity index (χ3v) is 6.45. The average molecular weight is 406 g/mol. The van der Waals surface area contributed by atoms with E-state index in [1.807, 2.05) is 44.3 Å². The van der Waals surface area contributed by atoms with Crippen LogP contribution in [0.2, 0.25) is 0 Å². The second-order valence-corrected chi connectivity index (χ2v) is 8.70. The van der Waals surface area contributed by atoms with Crippen molar-refractivity contribution >= 4 is 5.65 Å². The lowest BCUT2D eigenvalue weighted by Gasteiger charge is -2.34. The third kappa shape index (κ3) is 4.32. The number of likely N-dealkylation sites (tertiary alicyclic amines) is 1. The number of nitrogens with zero attached hydrogens (tertiary/aromatic N) is 3. The number of piperidine rings is 1. The van der Waals surface area contributed by atoms with Gasteiger partial charge in [0.05, 0.1) is 6.10 Å². The van der Waals surface area contributed by atoms with E-state index in [0.717, 1.165) is 54.9 Å². The molecule has 2 aromatic heterocycles. The van der Waals surface area contributed by atoms with Crippen LogP contribution in [0, 0.1) is 26.7 Å². The summed E-state index contributed by atoms with van der Waals surface area (Å²) in [6, 6.07) is 12.1. The van der Waals surface area contributed by atoms with Gasteiger partial charge in [-0.3, -0.25) is 9.20 Å². The highest BCUT2D eigenvalue weighted by atomic mass is 16.3. The number of benzene rings is 1. The van der Waals surface area contributed by atoms with Crippen LogP contribution in [0.15, 0.2) is 47.4 Å². The van der Waals surface area contributed by atoms with E-state index in [1.54, 1.807) is 4.40 Å². The molecule has 0 radical (unpaired) electrons. The Morgan fingerprint density at radius 1 is 1.03 bits per heavy atom. The van der Waals surface area contributed by atoms with Gasteiger partial charge in [-0.2, -0.15) is 0 Å². The third-order valence-electron chi connectivity index (χ3n) is 6.45. The first kappa shape index (κ1) is 20.8. The highest BCUT2D eigenvalue weighted by Crippen LogP contribution is 2.30. The summed E-state index contributed by atoms with van der Waals surface area (Å²) in [7, 11) is 0. The van der Waals surface area contributed by atoms with Gasteiger partial charge >= 0.3 is 0 Å². The molecule has 158 valence electrons. The lowest BCUT2D eigenvalue weighted by atomic mass is 9.87. The SMILES string of the molecule is Cc1ccc(C(O)C2CCN(CCc3c(C)nc4ccc(C)cn4c3=O)CC2)cc1. The fourth-order valence-corrected chi connectivity index (χ4v) is 4.48. The Morgan fingerprint density at radius 2 is 1.70 bits per heavy atom. The van der Waals surface area contributed by atoms with Crippen LogP contribution in [-0.2, 0) is 6.42 Å². The van der Waals surface area contributed by atoms with Gasteiger partial charge in [-0.15, -0.1) is 0 Å². The molecule has 30 heavy (non-hydrogen) atoms. The van der Waals surface area contributed by atoms with E-state index in [0.29, 0.717) is 18.0 Å². The van der Waals surface area contributed by atoms with Crippen LogP contribution in [0.5, 0.6) is 0 Å². The first-order chi connectivity index (χ1) is 14.4. The Hall–Kier alpha value is -2.50. The van der Waals surface area contributed by atoms with Crippen molar-refractivity contribution in [1.29, 1.82) is 0 Å². The molecule has 0 spiro atoms. The number of aromatic nitrogens is 2. The topological polar surface area (TPSA) is 57.8 Å². The molecule has 1 fully saturated rings. The van der Waals surface area contributed by atoms with Crippen LogP contribution in [0.1, 0.15) is 46.9 Å². The van der Waals surface area contributed by atoms with E-state index >= 15 is 0 Å². The molecule has 1 atom stereocenters. The Balaban J connectivity index is 1.38. The van der Waals surface area contributed by atoms with Gasteiger partial charge in [-0.25, -0.2) is 4.98 Å². The predicted molar refractivity (Wildman–Crippen MR) is 120 cm³/mol. The second kappa shape index (κ2) is 8.70. The lowest BCUT2D eigenvalue weighted by molar-refractivity contribution is 0.0592. The monoisotopic (exact) mass is 405 g/mol. The highest BCUT2D eigenvalue weighted by Gasteiger charge is 2.26. The number of hydrogen-bond acceptors (Lipinski definition) is 4. The zero-order chi connectivity index (χ0) is 21.3. The van der Waals surface area contributed by atoms with E-state index in [1.165, 1.54) is 5.56 Å². The number of aliphatic hydroxyl groups excluding tert-OH is 1. The molecular formula is C25H31N3O2. The molecule has 1 saturated heterocycles. The number of fused-ring (bicyclic) bond motifs is 1. The first-order valence-electron chi connectivity index (χ1n) is 10.9. The van der Waals surface area contributed by atoms with Gasteiger partial charge in [0.1, 0.15) is 5.65 Å². The fraction of sp³-hybridized carbons (Fsp3) is 0.440. The Kier molecular flexibility index (Phi) is 6.02. The molecule has 0 bridgehead atoms. The van der Waals surface area contributed by atoms with Crippen LogP contribution >= 0.6 is 0 Å². The Morgan fingerprint density at radius 3 is 2.40 bits per heavy atom. The molecule has 1 aliphatic heterocycles. The van der Waals surface area contributed by atoms with Gasteiger partial charge in [0.25, 0.3) is 5.56 Å². The van der Waals surface area contributed by atoms with Crippen molar-refractivity contribution in [3.05, 3.63) is 80.9 Å². The largest absolute Gasteiger partial charge is 0.388 e. The zero-order valence-corrected chi connectivity index (χ0v) is 18.1. The van der Waals surface area contributed by atoms with Gasteiger partial charge in [-0.1, -0.05) is 35.9 Å². The summed E-state index contributed by atoms with van der Waals surface area (Å²) in [6.45, 7) is 8.74. The lowest BCUT2D eigenvalue weighted by Crippen LogP contribution is -2.37. The van der Waals surface area contributed by atoms with Crippen LogP contribution in [0.25, 0.3) is 5.65 Å². The van der Waals surface area contributed by atoms with Crippen molar-refractivity contribution in [3.8, 4) is 0 Å². The molecule has 4 rings (SSSR count). The van der Waals surface area contributed by atoms with Gasteiger partial charge in [0.15, 0.2) is 0 Å². The molecule has 0 amide bonds. The maximum Gasteiger partial charge on any atom is 0.261 e. The van der Waals surface area contributed by atoms with Crippen molar-refractivity contribution in [1.82, 2.24) is 14.3 Å². The van der Waals surface area contributed by atoms with Crippen molar-refractivity contribution in [2.75, 3.05) is 19.6 Å². The number of aliphatic hydroxyl groups is 1. The summed E-state index contributed by atoms with van der Waals surface area (Å²) in [6.07, 6.45) is 4.13. The van der Waals surface area contributed by atoms with Crippen molar-refractivity contribution in [2.45, 2.75) is 46.1 Å². The fourth-order valence-electron chi connectivity index (χ4n) is 4.48. The molecule has 1 aliphatic rings. The number of rotatable bonds is 5. The summed E-state index contributed by atoms with van der Waals surface area (Å²) in [4.78, 5) is 20.0. The normalized spacial score (nSPS) is 16.8. The standard InChI is InChI=1S/C25H31N3O2/c1-17-4-7-20(8-5-17)24(29)21-10-13-27(14-11-21)15-12-22-19(3)26-23-9-6-18(2)16-28(23)25(22)30/h4-9,16,21,24,29H,10-15H2,1-3H3. The Labute approximate surface area is 178 Å². The van der Waals surface area contributed by atoms with Crippen molar-refractivity contribution in [3.63, 3.8) is 0 Å². The minimum atomic E-state index is -0.396. The van der Waals surface area contributed by atoms with Crippen molar-refractivity contribution in [2.24, 2.45) is 5.92 Å². The molecule has 1 unspecified atom stereocenters. The predicted octanol–water partition coefficient (Wildman–Crippen LogP) is 3.61. The van der Waals surface area contributed by atoms with Gasteiger partial charge < -0.3 is 10.0 Å². The van der Waals surface area contributed by atoms with Crippen LogP contribution in [-0.4, -0.2) is 39.0 Å². The summed E-state index contributed by atoms with van der Waals surface area (Å²) < 4.78 is 1.67. The number of pyridine rings is 1. The summed E-state index contributed by atoms with van der Waals surface area (Å²) in [5.74, 6) is 0.293. The molecule has 0 aliphatic carbocycles. The maximum absolute atomic E-state index is 13.0. The summed E-state index contributed by atoms with van der Waals surface area (Å²) in [5.41, 5.74) is 5.66. The molecule has 1 aromatic carbocycles. The molecule has 5 nitrogen and oxygen atoms in total. The van der Waals surface area contributed by atoms with E-state index in [-0.39, 0.29) is 5.56 Å². The molecule has 5 heteroatoms. The average Bonchev–Trinajstić information content (AvgIpc) is 2.75. The van der Waals surface area contributed by atoms with E-state index in [9.17, 15) is 9.90 Å². The van der Waals surface area contributed by atoms with Crippen LogP contribution in [0.4, 0.5) is 0 Å². The highest BCUT2D eigenvalue weighted by molar-refractivity contribution is 5.41. The minimum Gasteiger partial charge on any atom is -0.388 e. The smallest absolute Gasteiger partial charge is 0.261 e. The first-order valence-corrected chi connectivity index (χ1v) is 10.9.